The van der Waals surface area contributed by atoms with E-state index in [0.29, 0.717) is 52.1 Å². The molecule has 0 spiro atoms. The molecule has 0 N–H and O–H groups in total. The summed E-state index contributed by atoms with van der Waals surface area (Å²) >= 11 is 1.30. The number of hydrogen-bond donors (Lipinski definition) is 0. The highest BCUT2D eigenvalue weighted by molar-refractivity contribution is 7.98. The molecule has 0 aliphatic carbocycles. The van der Waals surface area contributed by atoms with Gasteiger partial charge >= 0.3 is 0 Å². The summed E-state index contributed by atoms with van der Waals surface area (Å²) in [4.78, 5) is 18.1. The van der Waals surface area contributed by atoms with Crippen molar-refractivity contribution in [3.8, 4) is 11.4 Å². The number of fused-ring (bicyclic) bond motifs is 1. The molecule has 176 valence electrons. The van der Waals surface area contributed by atoms with Crippen LogP contribution in [0.1, 0.15) is 18.6 Å². The fourth-order valence-corrected chi connectivity index (χ4v) is 6.30. The Kier molecular flexibility index (Phi) is 6.20. The van der Waals surface area contributed by atoms with E-state index in [4.69, 9.17) is 14.1 Å². The van der Waals surface area contributed by atoms with Crippen molar-refractivity contribution in [1.82, 2.24) is 13.9 Å². The second kappa shape index (κ2) is 9.28. The SMILES string of the molecule is COc1cccc(-n2c(SCc3ccc(S(=O)(=O)N4CCCC4)o3)nc3ccccc3c2=O)c1. The van der Waals surface area contributed by atoms with Crippen LogP contribution in [0.4, 0.5) is 0 Å². The first-order valence-electron chi connectivity index (χ1n) is 10.9. The molecule has 2 aromatic carbocycles. The van der Waals surface area contributed by atoms with Crippen LogP contribution in [-0.2, 0) is 15.8 Å². The third kappa shape index (κ3) is 4.24. The number of rotatable bonds is 7. The summed E-state index contributed by atoms with van der Waals surface area (Å²) in [6.07, 6.45) is 1.72. The highest BCUT2D eigenvalue weighted by atomic mass is 32.2. The Morgan fingerprint density at radius 3 is 2.65 bits per heavy atom. The van der Waals surface area contributed by atoms with Gasteiger partial charge < -0.3 is 9.15 Å². The Hall–Kier alpha value is -3.08. The van der Waals surface area contributed by atoms with Crippen molar-refractivity contribution in [2.24, 2.45) is 0 Å². The van der Waals surface area contributed by atoms with E-state index >= 15 is 0 Å². The summed E-state index contributed by atoms with van der Waals surface area (Å²) in [5.74, 6) is 1.42. The number of furan rings is 1. The molecule has 0 radical (unpaired) electrons. The van der Waals surface area contributed by atoms with Crippen LogP contribution in [0.2, 0.25) is 0 Å². The molecule has 0 unspecified atom stereocenters. The molecule has 34 heavy (non-hydrogen) atoms. The lowest BCUT2D eigenvalue weighted by molar-refractivity contribution is 0.397. The number of thioether (sulfide) groups is 1. The van der Waals surface area contributed by atoms with E-state index in [2.05, 4.69) is 0 Å². The lowest BCUT2D eigenvalue weighted by Crippen LogP contribution is -2.27. The predicted molar refractivity (Wildman–Crippen MR) is 130 cm³/mol. The summed E-state index contributed by atoms with van der Waals surface area (Å²) in [7, 11) is -2.05. The van der Waals surface area contributed by atoms with Crippen molar-refractivity contribution < 1.29 is 17.6 Å². The number of aromatic nitrogens is 2. The predicted octanol–water partition coefficient (Wildman–Crippen LogP) is 4.06. The Labute approximate surface area is 201 Å². The van der Waals surface area contributed by atoms with Crippen LogP contribution in [-0.4, -0.2) is 42.5 Å². The number of benzene rings is 2. The average Bonchev–Trinajstić information content (AvgIpc) is 3.56. The zero-order valence-electron chi connectivity index (χ0n) is 18.5. The standard InChI is InChI=1S/C24H23N3O5S2/c1-31-18-8-6-7-17(15-18)27-23(28)20-9-2-3-10-21(20)25-24(27)33-16-19-11-12-22(32-19)34(29,30)26-13-4-5-14-26/h2-3,6-12,15H,4-5,13-14,16H2,1H3. The second-order valence-electron chi connectivity index (χ2n) is 7.87. The van der Waals surface area contributed by atoms with Gasteiger partial charge in [0.1, 0.15) is 11.5 Å². The van der Waals surface area contributed by atoms with Gasteiger partial charge in [0.2, 0.25) is 5.09 Å². The molecule has 0 saturated carbocycles. The van der Waals surface area contributed by atoms with Gasteiger partial charge in [-0.05, 0) is 49.2 Å². The Balaban J connectivity index is 1.49. The first kappa shape index (κ1) is 22.7. The molecule has 1 aliphatic rings. The molecule has 0 atom stereocenters. The number of para-hydroxylation sites is 1. The molecule has 8 nitrogen and oxygen atoms in total. The van der Waals surface area contributed by atoms with Crippen LogP contribution in [0.15, 0.2) is 80.1 Å². The molecular formula is C24H23N3O5S2. The second-order valence-corrected chi connectivity index (χ2v) is 10.7. The summed E-state index contributed by atoms with van der Waals surface area (Å²) in [6, 6.07) is 17.5. The van der Waals surface area contributed by atoms with E-state index in [1.165, 1.54) is 22.1 Å². The normalized spacial score (nSPS) is 14.6. The van der Waals surface area contributed by atoms with Crippen molar-refractivity contribution in [2.45, 2.75) is 28.8 Å². The maximum atomic E-state index is 13.4. The molecular weight excluding hydrogens is 474 g/mol. The monoisotopic (exact) mass is 497 g/mol. The Bertz CT molecular complexity index is 1500. The molecule has 2 aromatic heterocycles. The highest BCUT2D eigenvalue weighted by Crippen LogP contribution is 2.29. The quantitative estimate of drug-likeness (QED) is 0.281. The van der Waals surface area contributed by atoms with Gasteiger partial charge in [0, 0.05) is 19.2 Å². The number of ether oxygens (including phenoxy) is 1. The summed E-state index contributed by atoms with van der Waals surface area (Å²) in [6.45, 7) is 1.03. The smallest absolute Gasteiger partial charge is 0.276 e. The lowest BCUT2D eigenvalue weighted by Gasteiger charge is -2.14. The lowest BCUT2D eigenvalue weighted by atomic mass is 10.2. The minimum absolute atomic E-state index is 0.0540. The fourth-order valence-electron chi connectivity index (χ4n) is 3.95. The number of sulfonamides is 1. The van der Waals surface area contributed by atoms with Gasteiger partial charge in [0.05, 0.1) is 29.5 Å². The van der Waals surface area contributed by atoms with Gasteiger partial charge in [-0.1, -0.05) is 30.0 Å². The molecule has 0 amide bonds. The van der Waals surface area contributed by atoms with E-state index < -0.39 is 10.0 Å². The van der Waals surface area contributed by atoms with E-state index in [0.717, 1.165) is 12.8 Å². The minimum Gasteiger partial charge on any atom is -0.497 e. The van der Waals surface area contributed by atoms with Crippen LogP contribution in [0.25, 0.3) is 16.6 Å². The molecule has 0 bridgehead atoms. The number of hydrogen-bond acceptors (Lipinski definition) is 7. The average molecular weight is 498 g/mol. The van der Waals surface area contributed by atoms with E-state index in [9.17, 15) is 13.2 Å². The number of methoxy groups -OCH3 is 1. The minimum atomic E-state index is -3.62. The molecule has 1 aliphatic heterocycles. The van der Waals surface area contributed by atoms with Gasteiger partial charge in [0.15, 0.2) is 5.16 Å². The van der Waals surface area contributed by atoms with Gasteiger partial charge in [-0.15, -0.1) is 0 Å². The van der Waals surface area contributed by atoms with Crippen molar-refractivity contribution in [2.75, 3.05) is 20.2 Å². The van der Waals surface area contributed by atoms with Crippen LogP contribution in [0, 0.1) is 0 Å². The molecule has 5 rings (SSSR count). The van der Waals surface area contributed by atoms with E-state index in [1.807, 2.05) is 18.2 Å². The summed E-state index contributed by atoms with van der Waals surface area (Å²) < 4.78 is 39.6. The maximum Gasteiger partial charge on any atom is 0.276 e. The Morgan fingerprint density at radius 1 is 1.06 bits per heavy atom. The van der Waals surface area contributed by atoms with Crippen molar-refractivity contribution in [3.63, 3.8) is 0 Å². The first-order valence-corrected chi connectivity index (χ1v) is 13.3. The first-order chi connectivity index (χ1) is 16.5. The molecule has 3 heterocycles. The third-order valence-electron chi connectivity index (χ3n) is 5.70. The molecule has 1 saturated heterocycles. The highest BCUT2D eigenvalue weighted by Gasteiger charge is 2.30. The zero-order chi connectivity index (χ0) is 23.7. The van der Waals surface area contributed by atoms with Crippen LogP contribution < -0.4 is 10.3 Å². The largest absolute Gasteiger partial charge is 0.497 e. The molecule has 10 heteroatoms. The van der Waals surface area contributed by atoms with Gasteiger partial charge in [0.25, 0.3) is 15.6 Å². The van der Waals surface area contributed by atoms with E-state index in [-0.39, 0.29) is 10.7 Å². The van der Waals surface area contributed by atoms with Crippen LogP contribution in [0.3, 0.4) is 0 Å². The third-order valence-corrected chi connectivity index (χ3v) is 8.43. The van der Waals surface area contributed by atoms with Crippen molar-refractivity contribution in [3.05, 3.63) is 76.8 Å². The maximum absolute atomic E-state index is 13.4. The summed E-state index contributed by atoms with van der Waals surface area (Å²) in [5, 5.41) is 0.922. The molecule has 1 fully saturated rings. The van der Waals surface area contributed by atoms with Crippen LogP contribution in [0.5, 0.6) is 5.75 Å². The van der Waals surface area contributed by atoms with Gasteiger partial charge in [-0.3, -0.25) is 9.36 Å². The molecule has 4 aromatic rings. The topological polar surface area (TPSA) is 94.6 Å². The van der Waals surface area contributed by atoms with E-state index in [1.54, 1.807) is 48.1 Å². The van der Waals surface area contributed by atoms with Crippen LogP contribution >= 0.6 is 11.8 Å². The van der Waals surface area contributed by atoms with Gasteiger partial charge in [-0.25, -0.2) is 13.4 Å². The van der Waals surface area contributed by atoms with Crippen molar-refractivity contribution in [1.29, 1.82) is 0 Å². The van der Waals surface area contributed by atoms with Gasteiger partial charge in [-0.2, -0.15) is 4.31 Å². The fraction of sp³-hybridized carbons (Fsp3) is 0.250. The van der Waals surface area contributed by atoms with Crippen molar-refractivity contribution >= 4 is 32.7 Å². The number of nitrogens with zero attached hydrogens (tertiary/aromatic N) is 3. The zero-order valence-corrected chi connectivity index (χ0v) is 20.1. The Morgan fingerprint density at radius 2 is 1.85 bits per heavy atom. The summed E-state index contributed by atoms with van der Waals surface area (Å²) in [5.41, 5.74) is 1.02.